The maximum Gasteiger partial charge on any atom is 0.218 e. The molecule has 19 heavy (non-hydrogen) atoms. The highest BCUT2D eigenvalue weighted by atomic mass is 16.5. The number of methoxy groups -OCH3 is 1. The van der Waals surface area contributed by atoms with Gasteiger partial charge in [-0.05, 0) is 25.7 Å². The Balaban J connectivity index is 1.79. The van der Waals surface area contributed by atoms with Crippen LogP contribution in [0.25, 0.3) is 0 Å². The second kappa shape index (κ2) is 5.74. The smallest absolute Gasteiger partial charge is 0.218 e. The lowest BCUT2D eigenvalue weighted by Gasteiger charge is -2.16. The van der Waals surface area contributed by atoms with Gasteiger partial charge in [-0.2, -0.15) is 4.98 Å². The van der Waals surface area contributed by atoms with E-state index in [1.165, 1.54) is 25.7 Å². The summed E-state index contributed by atoms with van der Waals surface area (Å²) >= 11 is 0. The summed E-state index contributed by atoms with van der Waals surface area (Å²) in [5, 5.41) is 3.49. The van der Waals surface area contributed by atoms with Crippen LogP contribution in [-0.2, 0) is 4.74 Å². The second-order valence-corrected chi connectivity index (χ2v) is 5.28. The molecule has 1 aliphatic carbocycles. The van der Waals surface area contributed by atoms with Gasteiger partial charge in [0.1, 0.15) is 11.9 Å². The molecule has 2 fully saturated rings. The van der Waals surface area contributed by atoms with Gasteiger partial charge in [0.25, 0.3) is 0 Å². The third-order valence-electron chi connectivity index (χ3n) is 3.85. The summed E-state index contributed by atoms with van der Waals surface area (Å²) < 4.78 is 10.9. The zero-order chi connectivity index (χ0) is 13.1. The fraction of sp³-hybridized carbons (Fsp3) is 0.714. The number of nitrogens with one attached hydrogen (secondary N) is 1. The molecule has 1 aromatic heterocycles. The van der Waals surface area contributed by atoms with E-state index >= 15 is 0 Å². The summed E-state index contributed by atoms with van der Waals surface area (Å²) in [6, 6.07) is 2.41. The van der Waals surface area contributed by atoms with E-state index in [1.807, 2.05) is 6.07 Å². The van der Waals surface area contributed by atoms with Crippen molar-refractivity contribution in [1.29, 1.82) is 0 Å². The van der Waals surface area contributed by atoms with Crippen LogP contribution in [0.5, 0.6) is 5.88 Å². The first-order chi connectivity index (χ1) is 9.35. The molecule has 3 rings (SSSR count). The lowest BCUT2D eigenvalue weighted by atomic mass is 10.2. The maximum atomic E-state index is 5.66. The Morgan fingerprint density at radius 3 is 2.74 bits per heavy atom. The van der Waals surface area contributed by atoms with Crippen molar-refractivity contribution in [1.82, 2.24) is 9.97 Å². The molecule has 0 radical (unpaired) electrons. The van der Waals surface area contributed by atoms with Crippen molar-refractivity contribution in [2.24, 2.45) is 0 Å². The van der Waals surface area contributed by atoms with Crippen LogP contribution in [0, 0.1) is 0 Å². The van der Waals surface area contributed by atoms with Crippen molar-refractivity contribution in [3.63, 3.8) is 0 Å². The van der Waals surface area contributed by atoms with Crippen molar-refractivity contribution >= 4 is 5.82 Å². The van der Waals surface area contributed by atoms with Crippen molar-refractivity contribution in [2.45, 2.75) is 50.7 Å². The van der Waals surface area contributed by atoms with Crippen LogP contribution in [0.2, 0.25) is 0 Å². The maximum absolute atomic E-state index is 5.66. The number of hydrogen-bond donors (Lipinski definition) is 1. The molecule has 2 heterocycles. The standard InChI is InChI=1S/C14H21N3O2/c1-18-13-9-12(15-10-5-2-3-6-10)16-14(17-13)11-7-4-8-19-11/h9-11H,2-8H2,1H3,(H,15,16,17). The number of nitrogens with zero attached hydrogens (tertiary/aromatic N) is 2. The predicted octanol–water partition coefficient (Wildman–Crippen LogP) is 2.69. The second-order valence-electron chi connectivity index (χ2n) is 5.28. The molecule has 104 valence electrons. The molecule has 0 spiro atoms. The van der Waals surface area contributed by atoms with E-state index in [-0.39, 0.29) is 6.10 Å². The van der Waals surface area contributed by atoms with E-state index in [1.54, 1.807) is 7.11 Å². The summed E-state index contributed by atoms with van der Waals surface area (Å²) in [4.78, 5) is 9.01. The molecule has 1 unspecified atom stereocenters. The Morgan fingerprint density at radius 1 is 1.21 bits per heavy atom. The van der Waals surface area contributed by atoms with Gasteiger partial charge in [-0.1, -0.05) is 12.8 Å². The fourth-order valence-electron chi connectivity index (χ4n) is 2.83. The van der Waals surface area contributed by atoms with E-state index in [0.717, 1.165) is 31.1 Å². The van der Waals surface area contributed by atoms with Crippen LogP contribution in [0.4, 0.5) is 5.82 Å². The first-order valence-corrected chi connectivity index (χ1v) is 7.16. The van der Waals surface area contributed by atoms with Crippen molar-refractivity contribution in [3.8, 4) is 5.88 Å². The molecule has 1 saturated carbocycles. The van der Waals surface area contributed by atoms with Crippen molar-refractivity contribution < 1.29 is 9.47 Å². The Morgan fingerprint density at radius 2 is 2.05 bits per heavy atom. The minimum absolute atomic E-state index is 0.0271. The molecule has 1 atom stereocenters. The molecular formula is C14H21N3O2. The molecule has 1 saturated heterocycles. The average molecular weight is 263 g/mol. The minimum atomic E-state index is 0.0271. The van der Waals surface area contributed by atoms with Crippen LogP contribution in [0.3, 0.4) is 0 Å². The Hall–Kier alpha value is -1.36. The van der Waals surface area contributed by atoms with Gasteiger partial charge in [-0.25, -0.2) is 4.98 Å². The monoisotopic (exact) mass is 263 g/mol. The minimum Gasteiger partial charge on any atom is -0.481 e. The summed E-state index contributed by atoms with van der Waals surface area (Å²) in [6.07, 6.45) is 7.16. The van der Waals surface area contributed by atoms with Crippen molar-refractivity contribution in [3.05, 3.63) is 11.9 Å². The van der Waals surface area contributed by atoms with Gasteiger partial charge < -0.3 is 14.8 Å². The van der Waals surface area contributed by atoms with Gasteiger partial charge in [0, 0.05) is 18.7 Å². The van der Waals surface area contributed by atoms with Crippen LogP contribution in [-0.4, -0.2) is 29.7 Å². The highest BCUT2D eigenvalue weighted by molar-refractivity contribution is 5.40. The number of anilines is 1. The summed E-state index contributed by atoms with van der Waals surface area (Å²) in [5.41, 5.74) is 0. The highest BCUT2D eigenvalue weighted by Gasteiger charge is 2.23. The van der Waals surface area contributed by atoms with E-state index < -0.39 is 0 Å². The highest BCUT2D eigenvalue weighted by Crippen LogP contribution is 2.29. The van der Waals surface area contributed by atoms with Crippen LogP contribution < -0.4 is 10.1 Å². The molecule has 1 aromatic rings. The lowest BCUT2D eigenvalue weighted by Crippen LogP contribution is -2.17. The summed E-state index contributed by atoms with van der Waals surface area (Å²) in [5.74, 6) is 2.22. The van der Waals surface area contributed by atoms with Gasteiger partial charge >= 0.3 is 0 Å². The zero-order valence-electron chi connectivity index (χ0n) is 11.4. The van der Waals surface area contributed by atoms with E-state index in [2.05, 4.69) is 15.3 Å². The summed E-state index contributed by atoms with van der Waals surface area (Å²) in [7, 11) is 1.64. The normalized spacial score (nSPS) is 23.7. The topological polar surface area (TPSA) is 56.3 Å². The van der Waals surface area contributed by atoms with Gasteiger partial charge in [-0.3, -0.25) is 0 Å². The molecule has 5 nitrogen and oxygen atoms in total. The quantitative estimate of drug-likeness (QED) is 0.905. The predicted molar refractivity (Wildman–Crippen MR) is 72.4 cm³/mol. The van der Waals surface area contributed by atoms with Gasteiger partial charge in [-0.15, -0.1) is 0 Å². The molecule has 1 aliphatic heterocycles. The van der Waals surface area contributed by atoms with Crippen LogP contribution in [0.15, 0.2) is 6.07 Å². The molecule has 0 aromatic carbocycles. The van der Waals surface area contributed by atoms with Crippen LogP contribution >= 0.6 is 0 Å². The Labute approximate surface area is 113 Å². The molecular weight excluding hydrogens is 242 g/mol. The molecule has 5 heteroatoms. The number of aromatic nitrogens is 2. The van der Waals surface area contributed by atoms with Gasteiger partial charge in [0.2, 0.25) is 5.88 Å². The largest absolute Gasteiger partial charge is 0.481 e. The first-order valence-electron chi connectivity index (χ1n) is 7.16. The zero-order valence-corrected chi connectivity index (χ0v) is 11.4. The first kappa shape index (κ1) is 12.7. The molecule has 0 bridgehead atoms. The van der Waals surface area contributed by atoms with Gasteiger partial charge in [0.05, 0.1) is 7.11 Å². The Bertz CT molecular complexity index is 427. The molecule has 2 aliphatic rings. The molecule has 1 N–H and O–H groups in total. The average Bonchev–Trinajstić information content (AvgIpc) is 3.11. The van der Waals surface area contributed by atoms with Crippen molar-refractivity contribution in [2.75, 3.05) is 19.0 Å². The number of hydrogen-bond acceptors (Lipinski definition) is 5. The SMILES string of the molecule is COc1cc(NC2CCCC2)nc(C2CCCO2)n1. The third kappa shape index (κ3) is 2.97. The third-order valence-corrected chi connectivity index (χ3v) is 3.85. The van der Waals surface area contributed by atoms with Crippen LogP contribution in [0.1, 0.15) is 50.5 Å². The number of ether oxygens (including phenoxy) is 2. The fourth-order valence-corrected chi connectivity index (χ4v) is 2.83. The van der Waals surface area contributed by atoms with E-state index in [9.17, 15) is 0 Å². The van der Waals surface area contributed by atoms with Gasteiger partial charge in [0.15, 0.2) is 5.82 Å². The lowest BCUT2D eigenvalue weighted by molar-refractivity contribution is 0.104. The Kier molecular flexibility index (Phi) is 3.82. The molecule has 0 amide bonds. The van der Waals surface area contributed by atoms with E-state index in [4.69, 9.17) is 9.47 Å². The van der Waals surface area contributed by atoms with E-state index in [0.29, 0.717) is 11.9 Å². The summed E-state index contributed by atoms with van der Waals surface area (Å²) in [6.45, 7) is 0.802. The number of rotatable bonds is 4.